The molecule has 2 aliphatic rings. The number of nitrogens with one attached hydrogen (secondary N) is 2. The van der Waals surface area contributed by atoms with E-state index >= 15 is 0 Å². The summed E-state index contributed by atoms with van der Waals surface area (Å²) in [5.41, 5.74) is 6.50. The zero-order chi connectivity index (χ0) is 13.9. The van der Waals surface area contributed by atoms with Crippen molar-refractivity contribution >= 4 is 28.7 Å². The lowest BCUT2D eigenvalue weighted by Crippen LogP contribution is -2.46. The number of thiophene rings is 1. The molecular weight excluding hydrogens is 286 g/mol. The van der Waals surface area contributed by atoms with Crippen LogP contribution in [-0.4, -0.2) is 16.7 Å². The van der Waals surface area contributed by atoms with Crippen molar-refractivity contribution in [1.29, 1.82) is 0 Å². The molecule has 0 bridgehead atoms. The van der Waals surface area contributed by atoms with Gasteiger partial charge in [-0.2, -0.15) is 0 Å². The Hall–Kier alpha value is -1.07. The molecule has 1 unspecified atom stereocenters. The van der Waals surface area contributed by atoms with Crippen LogP contribution < -0.4 is 10.7 Å². The fourth-order valence-corrected chi connectivity index (χ4v) is 4.06. The molecule has 0 spiro atoms. The van der Waals surface area contributed by atoms with E-state index in [0.29, 0.717) is 6.04 Å². The summed E-state index contributed by atoms with van der Waals surface area (Å²) in [4.78, 5) is 1.38. The normalized spacial score (nSPS) is 21.6. The van der Waals surface area contributed by atoms with Gasteiger partial charge in [0.15, 0.2) is 5.11 Å². The zero-order valence-corrected chi connectivity index (χ0v) is 13.4. The van der Waals surface area contributed by atoms with Crippen molar-refractivity contribution in [2.45, 2.75) is 45.1 Å². The smallest absolute Gasteiger partial charge is 0.188 e. The summed E-state index contributed by atoms with van der Waals surface area (Å²) in [6.07, 6.45) is 6.02. The van der Waals surface area contributed by atoms with Crippen molar-refractivity contribution < 1.29 is 0 Å². The average Bonchev–Trinajstić information content (AvgIpc) is 3.10. The highest BCUT2D eigenvalue weighted by atomic mass is 32.1. The first-order valence-electron chi connectivity index (χ1n) is 7.40. The number of allylic oxidation sites excluding steroid dienone is 1. The minimum absolute atomic E-state index is 0.294. The van der Waals surface area contributed by atoms with Gasteiger partial charge in [0.25, 0.3) is 0 Å². The summed E-state index contributed by atoms with van der Waals surface area (Å²) in [7, 11) is 0. The molecule has 20 heavy (non-hydrogen) atoms. The fraction of sp³-hybridized carbons (Fsp3) is 0.533. The second kappa shape index (κ2) is 6.14. The van der Waals surface area contributed by atoms with E-state index in [0.717, 1.165) is 24.5 Å². The first kappa shape index (κ1) is 13.9. The van der Waals surface area contributed by atoms with E-state index < -0.39 is 0 Å². The van der Waals surface area contributed by atoms with Crippen molar-refractivity contribution in [2.24, 2.45) is 0 Å². The zero-order valence-electron chi connectivity index (χ0n) is 11.8. The molecule has 1 aliphatic carbocycles. The Bertz CT molecular complexity index is 507. The lowest BCUT2D eigenvalue weighted by molar-refractivity contribution is 0.320. The van der Waals surface area contributed by atoms with Crippen molar-refractivity contribution in [3.05, 3.63) is 33.7 Å². The predicted octanol–water partition coefficient (Wildman–Crippen LogP) is 3.72. The van der Waals surface area contributed by atoms with Crippen LogP contribution in [0.5, 0.6) is 0 Å². The molecular formula is C15H21N3S2. The van der Waals surface area contributed by atoms with Gasteiger partial charge < -0.3 is 5.32 Å². The van der Waals surface area contributed by atoms with E-state index in [1.807, 2.05) is 11.3 Å². The van der Waals surface area contributed by atoms with Gasteiger partial charge in [-0.05, 0) is 61.3 Å². The third-order valence-electron chi connectivity index (χ3n) is 3.91. The molecule has 1 atom stereocenters. The molecule has 1 aromatic rings. The van der Waals surface area contributed by atoms with Crippen LogP contribution in [0.2, 0.25) is 0 Å². The Kier molecular flexibility index (Phi) is 4.27. The maximum Gasteiger partial charge on any atom is 0.188 e. The SMILES string of the molecule is CCCNC(=S)N1NC2=C(CCCC2)C1c1cccs1. The molecule has 2 heterocycles. The molecule has 5 heteroatoms. The van der Waals surface area contributed by atoms with Crippen molar-refractivity contribution in [2.75, 3.05) is 6.54 Å². The van der Waals surface area contributed by atoms with Crippen molar-refractivity contribution in [1.82, 2.24) is 15.8 Å². The molecule has 0 saturated heterocycles. The molecule has 0 amide bonds. The molecule has 2 N–H and O–H groups in total. The Labute approximate surface area is 130 Å². The summed E-state index contributed by atoms with van der Waals surface area (Å²) in [6, 6.07) is 4.64. The van der Waals surface area contributed by atoms with Gasteiger partial charge >= 0.3 is 0 Å². The van der Waals surface area contributed by atoms with Gasteiger partial charge in [-0.25, -0.2) is 0 Å². The highest BCUT2D eigenvalue weighted by molar-refractivity contribution is 7.80. The number of hydrogen-bond acceptors (Lipinski definition) is 3. The summed E-state index contributed by atoms with van der Waals surface area (Å²) in [6.45, 7) is 3.09. The molecule has 0 fully saturated rings. The molecule has 0 saturated carbocycles. The molecule has 1 aliphatic heterocycles. The van der Waals surface area contributed by atoms with Crippen LogP contribution in [0.1, 0.15) is 49.9 Å². The molecule has 108 valence electrons. The van der Waals surface area contributed by atoms with E-state index in [2.05, 4.69) is 40.2 Å². The van der Waals surface area contributed by atoms with Gasteiger partial charge in [0.05, 0.1) is 0 Å². The van der Waals surface area contributed by atoms with Crippen LogP contribution in [0.15, 0.2) is 28.8 Å². The molecule has 3 nitrogen and oxygen atoms in total. The Balaban J connectivity index is 1.86. The maximum absolute atomic E-state index is 5.58. The number of thiocarbonyl (C=S) groups is 1. The molecule has 0 radical (unpaired) electrons. The highest BCUT2D eigenvalue weighted by Gasteiger charge is 2.36. The van der Waals surface area contributed by atoms with Gasteiger partial charge in [0.1, 0.15) is 6.04 Å². The topological polar surface area (TPSA) is 27.3 Å². The van der Waals surface area contributed by atoms with E-state index in [1.54, 1.807) is 5.57 Å². The van der Waals surface area contributed by atoms with Crippen LogP contribution in [0.3, 0.4) is 0 Å². The third kappa shape index (κ3) is 2.56. The monoisotopic (exact) mass is 307 g/mol. The average molecular weight is 307 g/mol. The first-order chi connectivity index (χ1) is 9.81. The minimum Gasteiger partial charge on any atom is -0.361 e. The van der Waals surface area contributed by atoms with E-state index in [9.17, 15) is 0 Å². The van der Waals surface area contributed by atoms with Gasteiger partial charge in [-0.1, -0.05) is 13.0 Å². The molecule has 0 aromatic carbocycles. The summed E-state index contributed by atoms with van der Waals surface area (Å²) in [5.74, 6) is 0. The Morgan fingerprint density at radius 2 is 2.35 bits per heavy atom. The van der Waals surface area contributed by atoms with Crippen molar-refractivity contribution in [3.8, 4) is 0 Å². The Morgan fingerprint density at radius 3 is 3.10 bits per heavy atom. The van der Waals surface area contributed by atoms with Gasteiger partial charge in [0.2, 0.25) is 0 Å². The lowest BCUT2D eigenvalue weighted by atomic mass is 9.92. The number of hydrogen-bond donors (Lipinski definition) is 2. The van der Waals surface area contributed by atoms with Crippen LogP contribution in [-0.2, 0) is 0 Å². The van der Waals surface area contributed by atoms with Gasteiger partial charge in [-0.15, -0.1) is 11.3 Å². The quantitative estimate of drug-likeness (QED) is 0.832. The van der Waals surface area contributed by atoms with E-state index in [-0.39, 0.29) is 0 Å². The number of hydrazine groups is 1. The summed E-state index contributed by atoms with van der Waals surface area (Å²) >= 11 is 7.40. The maximum atomic E-state index is 5.58. The van der Waals surface area contributed by atoms with Crippen LogP contribution >= 0.6 is 23.6 Å². The largest absolute Gasteiger partial charge is 0.361 e. The van der Waals surface area contributed by atoms with Crippen LogP contribution in [0.25, 0.3) is 0 Å². The Morgan fingerprint density at radius 1 is 1.50 bits per heavy atom. The second-order valence-corrected chi connectivity index (χ2v) is 6.71. The number of rotatable bonds is 3. The minimum atomic E-state index is 0.294. The predicted molar refractivity (Wildman–Crippen MR) is 88.4 cm³/mol. The summed E-state index contributed by atoms with van der Waals surface area (Å²) < 4.78 is 0. The fourth-order valence-electron chi connectivity index (χ4n) is 2.95. The third-order valence-corrected chi connectivity index (χ3v) is 5.18. The van der Waals surface area contributed by atoms with E-state index in [4.69, 9.17) is 12.2 Å². The van der Waals surface area contributed by atoms with Crippen LogP contribution in [0.4, 0.5) is 0 Å². The van der Waals surface area contributed by atoms with Gasteiger partial charge in [-0.3, -0.25) is 10.4 Å². The number of nitrogens with zero attached hydrogens (tertiary/aromatic N) is 1. The first-order valence-corrected chi connectivity index (χ1v) is 8.69. The van der Waals surface area contributed by atoms with Crippen LogP contribution in [0, 0.1) is 0 Å². The molecule has 3 rings (SSSR count). The second-order valence-electron chi connectivity index (χ2n) is 5.34. The van der Waals surface area contributed by atoms with Gasteiger partial charge in [0, 0.05) is 17.1 Å². The highest BCUT2D eigenvalue weighted by Crippen LogP contribution is 2.42. The van der Waals surface area contributed by atoms with E-state index in [1.165, 1.54) is 29.8 Å². The lowest BCUT2D eigenvalue weighted by Gasteiger charge is -2.28. The molecule has 1 aromatic heterocycles. The van der Waals surface area contributed by atoms with Crippen molar-refractivity contribution in [3.63, 3.8) is 0 Å². The standard InChI is InChI=1S/C15H21N3S2/c1-2-9-16-15(19)18-14(13-8-5-10-20-13)11-6-3-4-7-12(11)17-18/h5,8,10,14,17H,2-4,6-7,9H2,1H3,(H,16,19). The summed E-state index contributed by atoms with van der Waals surface area (Å²) in [5, 5.41) is 8.48.